The van der Waals surface area contributed by atoms with Crippen LogP contribution in [0.15, 0.2) is 29.3 Å². The number of ether oxygens (including phenoxy) is 4. The van der Waals surface area contributed by atoms with Crippen molar-refractivity contribution in [1.29, 1.82) is 0 Å². The molecule has 0 aliphatic carbocycles. The SMILES string of the molecule is CCCCCCCCC(I)[C@@H]1C[C@@H]2CC[C@H]3[C@@H](C(=O)OCCCCN=C(NC(=O)OC(C)(C)C)NC(=O)OC(C)(C)C)[C@@H](C)NC(=[N+]23)N1Cc1ccc(OC)cc1.F[P-](F)(F)(F)(F)F. The van der Waals surface area contributed by atoms with Gasteiger partial charge in [-0.25, -0.2) is 9.59 Å². The van der Waals surface area contributed by atoms with Crippen LogP contribution in [-0.2, 0) is 25.5 Å². The summed E-state index contributed by atoms with van der Waals surface area (Å²) >= 11 is 2.72. The average Bonchev–Trinajstić information content (AvgIpc) is 3.56. The average molecular weight is 1050 g/mol. The zero-order chi connectivity index (χ0) is 48.2. The van der Waals surface area contributed by atoms with Crippen molar-refractivity contribution < 1.29 is 63.1 Å². The van der Waals surface area contributed by atoms with Crippen LogP contribution in [0.25, 0.3) is 0 Å². The van der Waals surface area contributed by atoms with Crippen molar-refractivity contribution >= 4 is 60.5 Å². The number of esters is 1. The van der Waals surface area contributed by atoms with Crippen molar-refractivity contribution in [3.8, 4) is 5.75 Å². The van der Waals surface area contributed by atoms with E-state index in [9.17, 15) is 39.6 Å². The van der Waals surface area contributed by atoms with Gasteiger partial charge in [-0.05, 0) is 98.3 Å². The number of rotatable bonds is 17. The zero-order valence-electron chi connectivity index (χ0n) is 38.7. The van der Waals surface area contributed by atoms with Gasteiger partial charge in [0.25, 0.3) is 0 Å². The van der Waals surface area contributed by atoms with E-state index in [0.717, 1.165) is 37.5 Å². The number of benzene rings is 1. The number of hydrogen-bond acceptors (Lipinski definition) is 10. The fourth-order valence-corrected chi connectivity index (χ4v) is 9.16. The molecule has 64 heavy (non-hydrogen) atoms. The molecule has 3 N–H and O–H groups in total. The van der Waals surface area contributed by atoms with Gasteiger partial charge in [0.2, 0.25) is 5.96 Å². The quantitative estimate of drug-likeness (QED) is 0.0133. The number of nitrogens with zero attached hydrogens (tertiary/aromatic N) is 3. The predicted octanol–water partition coefficient (Wildman–Crippen LogP) is 11.4. The fourth-order valence-electron chi connectivity index (χ4n) is 8.04. The number of carbonyl (C=O) groups excluding carboxylic acids is 3. The molecule has 13 nitrogen and oxygen atoms in total. The van der Waals surface area contributed by atoms with Gasteiger partial charge in [-0.2, -0.15) is 0 Å². The van der Waals surface area contributed by atoms with Crippen LogP contribution in [0, 0.1) is 5.92 Å². The summed E-state index contributed by atoms with van der Waals surface area (Å²) in [6, 6.07) is 9.15. The molecule has 2 amide bonds. The van der Waals surface area contributed by atoms with Gasteiger partial charge in [0, 0.05) is 16.9 Å². The van der Waals surface area contributed by atoms with Crippen molar-refractivity contribution in [2.75, 3.05) is 20.3 Å². The third-order valence-electron chi connectivity index (χ3n) is 10.6. The number of alkyl carbamates (subject to hydrolysis) is 2. The number of unbranched alkanes of at least 4 members (excludes halogenated alkanes) is 6. The molecule has 368 valence electrons. The van der Waals surface area contributed by atoms with Gasteiger partial charge in [-0.1, -0.05) is 80.2 Å². The Kier molecular flexibility index (Phi) is 19.3. The monoisotopic (exact) mass is 1050 g/mol. The Morgan fingerprint density at radius 3 is 2.00 bits per heavy atom. The first-order valence-corrected chi connectivity index (χ1v) is 25.4. The molecule has 0 spiro atoms. The van der Waals surface area contributed by atoms with Crippen LogP contribution < -0.4 is 20.7 Å². The van der Waals surface area contributed by atoms with Crippen LogP contribution >= 0.6 is 30.4 Å². The molecule has 4 rings (SSSR count). The summed E-state index contributed by atoms with van der Waals surface area (Å²) in [5.41, 5.74) is -0.222. The van der Waals surface area contributed by atoms with Gasteiger partial charge in [-0.15, -0.1) is 0 Å². The summed E-state index contributed by atoms with van der Waals surface area (Å²) in [7, 11) is -8.96. The van der Waals surface area contributed by atoms with Crippen LogP contribution in [0.2, 0.25) is 0 Å². The summed E-state index contributed by atoms with van der Waals surface area (Å²) in [4.78, 5) is 45.6. The van der Waals surface area contributed by atoms with Crippen molar-refractivity contribution in [1.82, 2.24) is 20.9 Å². The first-order valence-electron chi connectivity index (χ1n) is 22.2. The molecule has 1 unspecified atom stereocenters. The molecule has 1 fully saturated rings. The number of halogens is 7. The molecule has 3 aliphatic rings. The number of amides is 2. The van der Waals surface area contributed by atoms with Gasteiger partial charge in [0.05, 0.1) is 44.4 Å². The van der Waals surface area contributed by atoms with Crippen molar-refractivity contribution in [2.24, 2.45) is 10.9 Å². The van der Waals surface area contributed by atoms with Crippen molar-refractivity contribution in [3.05, 3.63) is 29.8 Å². The molecule has 1 saturated heterocycles. The minimum absolute atomic E-state index is 0.0680. The summed E-state index contributed by atoms with van der Waals surface area (Å²) in [6.07, 6.45) is 11.7. The van der Waals surface area contributed by atoms with Crippen LogP contribution in [-0.4, -0.2) is 99.1 Å². The molecule has 6 atom stereocenters. The van der Waals surface area contributed by atoms with Crippen LogP contribution in [0.4, 0.5) is 34.8 Å². The number of nitrogens with one attached hydrogen (secondary N) is 3. The number of alkyl halides is 1. The van der Waals surface area contributed by atoms with E-state index in [4.69, 9.17) is 18.9 Å². The van der Waals surface area contributed by atoms with Gasteiger partial charge in [-0.3, -0.25) is 35.2 Å². The van der Waals surface area contributed by atoms with Gasteiger partial charge >= 0.3 is 57.1 Å². The number of methoxy groups -OCH3 is 1. The first kappa shape index (κ1) is 55.0. The van der Waals surface area contributed by atoms with E-state index in [2.05, 4.69) is 79.0 Å². The molecule has 21 heteroatoms. The number of guanidine groups is 2. The summed E-state index contributed by atoms with van der Waals surface area (Å²) in [5.74, 6) is 1.47. The normalized spacial score (nSPS) is 22.2. The third kappa shape index (κ3) is 20.9. The number of aliphatic imine (C=N–C) groups is 1. The first-order chi connectivity index (χ1) is 29.4. The standard InChI is InChI=1S/C43H69IN6O7.F6P/c1-10-11-12-13-14-15-18-33(44)35-27-31-21-24-34-36(29(2)46-39(50(31)34)49(35)28-30-19-22-32(54-9)23-20-30)37(51)55-26-17-16-25-45-38(47-40(52)56-42(3,4)5)48-41(53)57-43(6,7)8;1-7(2,3,4,5)6/h19-20,22-23,29,31,33-36H,10-18,21,24-28H2,1-9H3,(H2,45,47,48,52,53);/q;-1/p+1/t29-,31+,33?,34+,35+,36+;/m1./s1. The molecule has 1 aromatic rings. The topological polar surface area (TPSA) is 143 Å². The van der Waals surface area contributed by atoms with E-state index < -0.39 is 31.2 Å². The van der Waals surface area contributed by atoms with Gasteiger partial charge in [0.15, 0.2) is 0 Å². The number of carbonyl (C=O) groups is 3. The molecule has 1 aromatic carbocycles. The molecule has 0 radical (unpaired) electrons. The van der Waals surface area contributed by atoms with Crippen LogP contribution in [0.3, 0.4) is 0 Å². The molecule has 3 heterocycles. The Morgan fingerprint density at radius 2 is 1.45 bits per heavy atom. The van der Waals surface area contributed by atoms with E-state index in [1.54, 1.807) is 48.7 Å². The summed E-state index contributed by atoms with van der Waals surface area (Å²) in [5, 5.41) is 8.84. The second-order valence-electron chi connectivity index (χ2n) is 18.7. The van der Waals surface area contributed by atoms with Crippen molar-refractivity contribution in [3.63, 3.8) is 0 Å². The molecule has 3 aliphatic heterocycles. The second-order valence-corrected chi connectivity index (χ2v) is 22.2. The molecule has 0 aromatic heterocycles. The zero-order valence-corrected chi connectivity index (χ0v) is 41.7. The molecule has 0 saturated carbocycles. The maximum atomic E-state index is 13.8. The van der Waals surface area contributed by atoms with Gasteiger partial charge < -0.3 is 18.9 Å². The van der Waals surface area contributed by atoms with E-state index in [1.165, 1.54) is 50.5 Å². The summed E-state index contributed by atoms with van der Waals surface area (Å²) in [6.45, 7) is 16.2. The Labute approximate surface area is 388 Å². The molecular weight excluding hydrogens is 984 g/mol. The minimum atomic E-state index is -10.7. The van der Waals surface area contributed by atoms with Crippen LogP contribution in [0.1, 0.15) is 138 Å². The van der Waals surface area contributed by atoms with Gasteiger partial charge in [0.1, 0.15) is 22.9 Å². The number of hydrogen-bond donors (Lipinski definition) is 3. The van der Waals surface area contributed by atoms with E-state index in [-0.39, 0.29) is 43.1 Å². The van der Waals surface area contributed by atoms with E-state index >= 15 is 0 Å². The Balaban J connectivity index is 0.00000143. The summed E-state index contributed by atoms with van der Waals surface area (Å²) < 4.78 is 84.3. The van der Waals surface area contributed by atoms with E-state index in [1.807, 2.05) is 12.1 Å². The van der Waals surface area contributed by atoms with E-state index in [0.29, 0.717) is 28.8 Å². The molecule has 0 bridgehead atoms. The van der Waals surface area contributed by atoms with Crippen LogP contribution in [0.5, 0.6) is 5.75 Å². The molecular formula is C43H70F6IN6O7P. The van der Waals surface area contributed by atoms with Crippen molar-refractivity contribution in [2.45, 2.75) is 178 Å². The Hall–Kier alpha value is -3.29. The second kappa shape index (κ2) is 22.5. The predicted molar refractivity (Wildman–Crippen MR) is 246 cm³/mol. The Morgan fingerprint density at radius 1 is 0.891 bits per heavy atom. The third-order valence-corrected chi connectivity index (χ3v) is 12.1. The fraction of sp³-hybridized carbons (Fsp3) is 0.744. The maximum absolute atomic E-state index is 13.8. The Bertz CT molecular complexity index is 1740.